The number of benzene rings is 1. The molecule has 2 aromatic rings. The number of carbonyl (C=O) groups is 1. The maximum Gasteiger partial charge on any atom is 0.224 e. The number of nitrogens with zero attached hydrogens (tertiary/aromatic N) is 1. The van der Waals surface area contributed by atoms with Crippen molar-refractivity contribution < 1.29 is 18.7 Å². The monoisotopic (exact) mass is 346 g/mol. The topological polar surface area (TPSA) is 62.2 Å². The van der Waals surface area contributed by atoms with Crippen LogP contribution in [0.5, 0.6) is 0 Å². The van der Waals surface area contributed by atoms with Crippen LogP contribution in [0.4, 0.5) is 8.78 Å². The fourth-order valence-corrected chi connectivity index (χ4v) is 3.14. The molecule has 0 spiro atoms. The average molecular weight is 346 g/mol. The average Bonchev–Trinajstić information content (AvgIpc) is 3.41. The molecule has 1 aliphatic carbocycles. The minimum absolute atomic E-state index is 0.105. The molecule has 2 N–H and O–H groups in total. The Bertz CT molecular complexity index is 734. The number of nitrogens with one attached hydrogen (secondary N) is 1. The lowest BCUT2D eigenvalue weighted by atomic mass is 9.98. The number of hydrogen-bond acceptors (Lipinski definition) is 3. The Morgan fingerprint density at radius 3 is 2.64 bits per heavy atom. The van der Waals surface area contributed by atoms with Gasteiger partial charge in [0.15, 0.2) is 0 Å². The standard InChI is InChI=1S/C19H20F2N2O2/c1-2-16(18(24)17-14(20)6-3-7-15(17)21)23-19(25)13-9-12(13)11-5-4-8-22-10-11/h3-8,10,12-13,16,18,24H,2,9H2,1H3,(H,23,25)/t12-,13+,16+,18-/m0/s1. The molecule has 0 saturated heterocycles. The van der Waals surface area contributed by atoms with Gasteiger partial charge in [0.1, 0.15) is 17.7 Å². The highest BCUT2D eigenvalue weighted by Crippen LogP contribution is 2.47. The van der Waals surface area contributed by atoms with Crippen molar-refractivity contribution in [1.82, 2.24) is 10.3 Å². The van der Waals surface area contributed by atoms with Crippen molar-refractivity contribution >= 4 is 5.91 Å². The molecule has 0 aliphatic heterocycles. The Hall–Kier alpha value is -2.34. The minimum atomic E-state index is -1.44. The van der Waals surface area contributed by atoms with E-state index < -0.39 is 29.3 Å². The van der Waals surface area contributed by atoms with Crippen LogP contribution < -0.4 is 5.32 Å². The van der Waals surface area contributed by atoms with Gasteiger partial charge in [0, 0.05) is 18.3 Å². The van der Waals surface area contributed by atoms with Gasteiger partial charge < -0.3 is 10.4 Å². The summed E-state index contributed by atoms with van der Waals surface area (Å²) in [6.45, 7) is 1.75. The summed E-state index contributed by atoms with van der Waals surface area (Å²) in [6, 6.07) is 6.41. The fraction of sp³-hybridized carbons (Fsp3) is 0.368. The van der Waals surface area contributed by atoms with Crippen molar-refractivity contribution in [3.8, 4) is 0 Å². The van der Waals surface area contributed by atoms with Crippen molar-refractivity contribution in [2.75, 3.05) is 0 Å². The molecule has 6 heteroatoms. The first-order valence-corrected chi connectivity index (χ1v) is 8.35. The lowest BCUT2D eigenvalue weighted by Gasteiger charge is -2.24. The van der Waals surface area contributed by atoms with Gasteiger partial charge in [-0.3, -0.25) is 9.78 Å². The second-order valence-electron chi connectivity index (χ2n) is 6.34. The van der Waals surface area contributed by atoms with E-state index in [9.17, 15) is 18.7 Å². The first-order valence-electron chi connectivity index (χ1n) is 8.35. The molecule has 0 bridgehead atoms. The van der Waals surface area contributed by atoms with Crippen LogP contribution in [0.3, 0.4) is 0 Å². The molecule has 1 heterocycles. The van der Waals surface area contributed by atoms with Crippen LogP contribution in [0.15, 0.2) is 42.7 Å². The summed E-state index contributed by atoms with van der Waals surface area (Å²) in [5, 5.41) is 13.1. The van der Waals surface area contributed by atoms with Gasteiger partial charge in [0.25, 0.3) is 0 Å². The molecule has 1 amide bonds. The minimum Gasteiger partial charge on any atom is -0.386 e. The molecule has 0 radical (unpaired) electrons. The summed E-state index contributed by atoms with van der Waals surface area (Å²) in [5.41, 5.74) is 0.589. The summed E-state index contributed by atoms with van der Waals surface area (Å²) in [7, 11) is 0. The van der Waals surface area contributed by atoms with Gasteiger partial charge in [-0.2, -0.15) is 0 Å². The van der Waals surface area contributed by atoms with Gasteiger partial charge in [-0.05, 0) is 42.5 Å². The van der Waals surface area contributed by atoms with Gasteiger partial charge in [-0.1, -0.05) is 19.1 Å². The smallest absolute Gasteiger partial charge is 0.224 e. The molecule has 4 atom stereocenters. The number of hydrogen-bond donors (Lipinski definition) is 2. The zero-order chi connectivity index (χ0) is 18.0. The zero-order valence-corrected chi connectivity index (χ0v) is 13.8. The molecule has 1 fully saturated rings. The van der Waals surface area contributed by atoms with E-state index in [1.807, 2.05) is 12.1 Å². The number of aliphatic hydroxyl groups is 1. The molecule has 4 nitrogen and oxygen atoms in total. The van der Waals surface area contributed by atoms with E-state index in [2.05, 4.69) is 10.3 Å². The third-order valence-corrected chi connectivity index (χ3v) is 4.68. The first kappa shape index (κ1) is 17.5. The Morgan fingerprint density at radius 1 is 1.32 bits per heavy atom. The van der Waals surface area contributed by atoms with Crippen molar-refractivity contribution in [2.45, 2.75) is 37.8 Å². The third-order valence-electron chi connectivity index (χ3n) is 4.68. The van der Waals surface area contributed by atoms with Gasteiger partial charge in [0.05, 0.1) is 11.6 Å². The lowest BCUT2D eigenvalue weighted by Crippen LogP contribution is -2.40. The van der Waals surface area contributed by atoms with Crippen LogP contribution in [-0.4, -0.2) is 22.0 Å². The maximum absolute atomic E-state index is 13.9. The third kappa shape index (κ3) is 3.69. The summed E-state index contributed by atoms with van der Waals surface area (Å²) in [6.07, 6.45) is 3.03. The quantitative estimate of drug-likeness (QED) is 0.845. The molecule has 1 aliphatic rings. The number of amides is 1. The summed E-state index contributed by atoms with van der Waals surface area (Å²) < 4.78 is 27.7. The maximum atomic E-state index is 13.9. The van der Waals surface area contributed by atoms with Crippen molar-refractivity contribution in [3.05, 3.63) is 65.5 Å². The highest BCUT2D eigenvalue weighted by atomic mass is 19.1. The van der Waals surface area contributed by atoms with Crippen molar-refractivity contribution in [2.24, 2.45) is 5.92 Å². The number of aliphatic hydroxyl groups excluding tert-OH is 1. The summed E-state index contributed by atoms with van der Waals surface area (Å²) >= 11 is 0. The summed E-state index contributed by atoms with van der Waals surface area (Å²) in [4.78, 5) is 16.5. The van der Waals surface area contributed by atoms with E-state index in [1.54, 1.807) is 19.3 Å². The van der Waals surface area contributed by atoms with Crippen LogP contribution >= 0.6 is 0 Å². The second-order valence-corrected chi connectivity index (χ2v) is 6.34. The van der Waals surface area contributed by atoms with Gasteiger partial charge in [0.2, 0.25) is 5.91 Å². The molecule has 1 aromatic carbocycles. The van der Waals surface area contributed by atoms with E-state index >= 15 is 0 Å². The molecule has 132 valence electrons. The van der Waals surface area contributed by atoms with Crippen molar-refractivity contribution in [1.29, 1.82) is 0 Å². The highest BCUT2D eigenvalue weighted by molar-refractivity contribution is 5.83. The molecule has 3 rings (SSSR count). The van der Waals surface area contributed by atoms with Gasteiger partial charge in [-0.15, -0.1) is 0 Å². The number of aromatic nitrogens is 1. The van der Waals surface area contributed by atoms with E-state index in [0.717, 1.165) is 17.7 Å². The second kappa shape index (κ2) is 7.27. The predicted octanol–water partition coefficient (Wildman–Crippen LogP) is 3.09. The van der Waals surface area contributed by atoms with Crippen LogP contribution in [0.1, 0.15) is 42.9 Å². The Morgan fingerprint density at radius 2 is 2.04 bits per heavy atom. The highest BCUT2D eigenvalue weighted by Gasteiger charge is 2.45. The van der Waals surface area contributed by atoms with Crippen LogP contribution in [0, 0.1) is 17.6 Å². The molecule has 1 saturated carbocycles. The molecular weight excluding hydrogens is 326 g/mol. The SMILES string of the molecule is CC[C@@H](NC(=O)[C@@H]1C[C@H]1c1cccnc1)[C@H](O)c1c(F)cccc1F. The molecule has 0 unspecified atom stereocenters. The summed E-state index contributed by atoms with van der Waals surface area (Å²) in [5.74, 6) is -1.94. The van der Waals surface area contributed by atoms with Crippen LogP contribution in [-0.2, 0) is 4.79 Å². The zero-order valence-electron chi connectivity index (χ0n) is 13.8. The number of halogens is 2. The van der Waals surface area contributed by atoms with Crippen LogP contribution in [0.25, 0.3) is 0 Å². The van der Waals surface area contributed by atoms with E-state index in [1.165, 1.54) is 6.07 Å². The van der Waals surface area contributed by atoms with Gasteiger partial charge >= 0.3 is 0 Å². The largest absolute Gasteiger partial charge is 0.386 e. The molecule has 25 heavy (non-hydrogen) atoms. The normalized spacial score (nSPS) is 21.4. The number of carbonyl (C=O) groups excluding carboxylic acids is 1. The fourth-order valence-electron chi connectivity index (χ4n) is 3.14. The lowest BCUT2D eigenvalue weighted by molar-refractivity contribution is -0.124. The number of rotatable bonds is 6. The molecule has 1 aromatic heterocycles. The van der Waals surface area contributed by atoms with Gasteiger partial charge in [-0.25, -0.2) is 8.78 Å². The van der Waals surface area contributed by atoms with Crippen LogP contribution in [0.2, 0.25) is 0 Å². The van der Waals surface area contributed by atoms with Crippen molar-refractivity contribution in [3.63, 3.8) is 0 Å². The first-order chi connectivity index (χ1) is 12.0. The van der Waals surface area contributed by atoms with E-state index in [0.29, 0.717) is 12.8 Å². The molecular formula is C19H20F2N2O2. The number of pyridine rings is 1. The Balaban J connectivity index is 1.67. The Labute approximate surface area is 144 Å². The Kier molecular flexibility index (Phi) is 5.08. The predicted molar refractivity (Wildman–Crippen MR) is 88.6 cm³/mol. The van der Waals surface area contributed by atoms with E-state index in [-0.39, 0.29) is 17.7 Å². The van der Waals surface area contributed by atoms with E-state index in [4.69, 9.17) is 0 Å².